The average molecular weight is 771 g/mol. The van der Waals surface area contributed by atoms with Crippen LogP contribution in [0.3, 0.4) is 0 Å². The molecule has 3 aliphatic heterocycles. The molecular weight excluding hydrogens is 729 g/mol. The second-order valence-electron chi connectivity index (χ2n) is 15.4. The second-order valence-corrected chi connectivity index (χ2v) is 19.4. The number of anilines is 3. The van der Waals surface area contributed by atoms with Crippen LogP contribution in [-0.2, 0) is 33.0 Å². The number of nitrogens with zero attached hydrogens (tertiary/aromatic N) is 4. The Morgan fingerprint density at radius 1 is 0.929 bits per heavy atom. The van der Waals surface area contributed by atoms with E-state index in [0.29, 0.717) is 28.1 Å². The van der Waals surface area contributed by atoms with E-state index in [-0.39, 0.29) is 50.2 Å². The van der Waals surface area contributed by atoms with Gasteiger partial charge >= 0.3 is 0 Å². The number of hydrogen-bond acceptors (Lipinski definition) is 8. The van der Waals surface area contributed by atoms with Crippen LogP contribution in [0.25, 0.3) is 10.8 Å². The molecule has 8 rings (SSSR count). The molecule has 286 valence electrons. The van der Waals surface area contributed by atoms with E-state index < -0.39 is 42.3 Å². The summed E-state index contributed by atoms with van der Waals surface area (Å²) in [6, 6.07) is 32.5. The molecule has 0 aliphatic carbocycles. The lowest BCUT2D eigenvalue weighted by Gasteiger charge is -2.32. The predicted molar refractivity (Wildman–Crippen MR) is 214 cm³/mol. The van der Waals surface area contributed by atoms with E-state index in [4.69, 9.17) is 4.74 Å². The number of rotatable bonds is 11. The van der Waals surface area contributed by atoms with Crippen molar-refractivity contribution in [3.8, 4) is 0 Å². The topological polar surface area (TPSA) is 154 Å². The van der Waals surface area contributed by atoms with Crippen LogP contribution in [0, 0.1) is 16.0 Å². The molecule has 0 saturated carbocycles. The van der Waals surface area contributed by atoms with Crippen LogP contribution in [0.5, 0.6) is 0 Å². The number of nitro groups is 1. The lowest BCUT2D eigenvalue weighted by Crippen LogP contribution is -2.46. The Labute approximate surface area is 324 Å². The number of fused-ring (bicyclic) bond motifs is 2. The van der Waals surface area contributed by atoms with Crippen LogP contribution in [0.15, 0.2) is 109 Å². The zero-order valence-electron chi connectivity index (χ0n) is 31.3. The van der Waals surface area contributed by atoms with Gasteiger partial charge in [0.25, 0.3) is 17.5 Å². The van der Waals surface area contributed by atoms with E-state index in [1.165, 1.54) is 17.0 Å². The summed E-state index contributed by atoms with van der Waals surface area (Å²) in [5.41, 5.74) is 1.78. The maximum Gasteiger partial charge on any atom is 0.269 e. The molecule has 3 aliphatic rings. The van der Waals surface area contributed by atoms with E-state index in [9.17, 15) is 29.6 Å². The Balaban J connectivity index is 1.15. The molecule has 1 saturated heterocycles. The molecule has 0 bridgehead atoms. The van der Waals surface area contributed by atoms with Gasteiger partial charge < -0.3 is 24.4 Å². The van der Waals surface area contributed by atoms with E-state index >= 15 is 4.79 Å². The highest BCUT2D eigenvalue weighted by Gasteiger charge is 2.66. The molecular formula is C43H42N4O8Si. The maximum absolute atomic E-state index is 15.1. The Hall–Kier alpha value is -5.73. The summed E-state index contributed by atoms with van der Waals surface area (Å²) in [6.45, 7) is 5.45. The van der Waals surface area contributed by atoms with Crippen molar-refractivity contribution in [2.45, 2.75) is 56.8 Å². The Morgan fingerprint density at radius 3 is 2.36 bits per heavy atom. The first-order valence-corrected chi connectivity index (χ1v) is 21.7. The molecule has 5 aromatic carbocycles. The van der Waals surface area contributed by atoms with Gasteiger partial charge in [-0.3, -0.25) is 29.4 Å². The molecule has 0 unspecified atom stereocenters. The first kappa shape index (κ1) is 37.2. The fourth-order valence-corrected chi connectivity index (χ4v) is 11.8. The third-order valence-electron chi connectivity index (χ3n) is 11.6. The minimum atomic E-state index is -3.18. The van der Waals surface area contributed by atoms with Gasteiger partial charge in [-0.2, -0.15) is 0 Å². The van der Waals surface area contributed by atoms with Crippen molar-refractivity contribution in [2.24, 2.45) is 5.92 Å². The van der Waals surface area contributed by atoms with Gasteiger partial charge in [-0.15, -0.1) is 0 Å². The Bertz CT molecular complexity index is 2400. The zero-order valence-corrected chi connectivity index (χ0v) is 32.3. The number of nitro benzene ring substituents is 1. The molecule has 0 radical (unpaired) electrons. The van der Waals surface area contributed by atoms with E-state index in [1.54, 1.807) is 29.0 Å². The number of benzene rings is 5. The van der Waals surface area contributed by atoms with Gasteiger partial charge in [-0.1, -0.05) is 73.7 Å². The summed E-state index contributed by atoms with van der Waals surface area (Å²) >= 11 is 0. The van der Waals surface area contributed by atoms with E-state index in [1.807, 2.05) is 97.9 Å². The molecule has 12 nitrogen and oxygen atoms in total. The molecule has 4 atom stereocenters. The molecule has 0 aromatic heterocycles. The first-order chi connectivity index (χ1) is 26.8. The minimum Gasteiger partial charge on any atom is -0.432 e. The molecule has 2 N–H and O–H groups in total. The number of aliphatic hydroxyl groups excluding tert-OH is 1. The van der Waals surface area contributed by atoms with Crippen LogP contribution < -0.4 is 9.80 Å². The summed E-state index contributed by atoms with van der Waals surface area (Å²) in [5, 5.41) is 23.8. The van der Waals surface area contributed by atoms with Crippen LogP contribution in [0.4, 0.5) is 22.7 Å². The Kier molecular flexibility index (Phi) is 9.36. The highest BCUT2D eigenvalue weighted by atomic mass is 28.4. The summed E-state index contributed by atoms with van der Waals surface area (Å²) in [6.07, 6.45) is -1.06. The standard InChI is InChI=1S/C43H42N4O8Si/c1-27-40(56(2,3)54)37(24-38(49)44(20-21-48)25-28-10-5-4-6-11-28)55-43(27)34-23-32(47(52)53)18-19-35(34)45(42(43)51)26-29-12-7-15-31(22-29)46-36-17-9-14-30-13-8-16-33(39(30)36)41(46)50/h4-19,22-23,27,37,40,48,54H,20-21,24-26H2,1-3H3/t27-,37+,40-,43+/m0/s1. The fraction of sp³-hybridized carbons (Fsp3) is 0.279. The fourth-order valence-electron chi connectivity index (χ4n) is 9.20. The van der Waals surface area contributed by atoms with Crippen LogP contribution in [0.1, 0.15) is 40.4 Å². The molecule has 5 aromatic rings. The lowest BCUT2D eigenvalue weighted by molar-refractivity contribution is -0.385. The number of non-ortho nitro benzene ring substituents is 1. The molecule has 1 spiro atoms. The maximum atomic E-state index is 15.1. The van der Waals surface area contributed by atoms with Crippen LogP contribution in [-0.4, -0.2) is 65.0 Å². The van der Waals surface area contributed by atoms with Crippen molar-refractivity contribution < 1.29 is 33.9 Å². The predicted octanol–water partition coefficient (Wildman–Crippen LogP) is 6.80. The van der Waals surface area contributed by atoms with Crippen molar-refractivity contribution >= 4 is 59.6 Å². The molecule has 56 heavy (non-hydrogen) atoms. The number of ether oxygens (including phenoxy) is 1. The van der Waals surface area contributed by atoms with E-state index in [2.05, 4.69) is 0 Å². The monoisotopic (exact) mass is 770 g/mol. The smallest absolute Gasteiger partial charge is 0.269 e. The van der Waals surface area contributed by atoms with Gasteiger partial charge in [0.1, 0.15) is 0 Å². The quantitative estimate of drug-likeness (QED) is 0.0846. The van der Waals surface area contributed by atoms with Gasteiger partial charge in [0.15, 0.2) is 13.9 Å². The van der Waals surface area contributed by atoms with E-state index in [0.717, 1.165) is 22.0 Å². The number of aliphatic hydroxyl groups is 1. The van der Waals surface area contributed by atoms with Crippen molar-refractivity contribution in [2.75, 3.05) is 23.0 Å². The van der Waals surface area contributed by atoms with Gasteiger partial charge in [0.2, 0.25) is 5.91 Å². The second kappa shape index (κ2) is 14.1. The third-order valence-corrected chi connectivity index (χ3v) is 14.1. The molecule has 3 heterocycles. The molecule has 13 heteroatoms. The average Bonchev–Trinajstić information content (AvgIpc) is 3.73. The Morgan fingerprint density at radius 2 is 1.64 bits per heavy atom. The summed E-state index contributed by atoms with van der Waals surface area (Å²) in [4.78, 5) is 71.0. The number of carbonyl (C=O) groups is 3. The molecule has 1 fully saturated rings. The summed E-state index contributed by atoms with van der Waals surface area (Å²) in [7, 11) is -3.18. The van der Waals surface area contributed by atoms with Gasteiger partial charge in [0, 0.05) is 53.3 Å². The lowest BCUT2D eigenvalue weighted by atomic mass is 9.82. The largest absolute Gasteiger partial charge is 0.432 e. The van der Waals surface area contributed by atoms with Crippen LogP contribution in [0.2, 0.25) is 18.6 Å². The van der Waals surface area contributed by atoms with Gasteiger partial charge in [-0.25, -0.2) is 0 Å². The number of hydrogen-bond donors (Lipinski definition) is 2. The minimum absolute atomic E-state index is 0.0596. The zero-order chi connectivity index (χ0) is 39.5. The summed E-state index contributed by atoms with van der Waals surface area (Å²) < 4.78 is 6.84. The number of carbonyl (C=O) groups excluding carboxylic acids is 3. The van der Waals surface area contributed by atoms with Crippen LogP contribution >= 0.6 is 0 Å². The number of amides is 3. The first-order valence-electron chi connectivity index (χ1n) is 18.7. The normalized spacial score (nSPS) is 21.3. The third kappa shape index (κ3) is 6.07. The highest BCUT2D eigenvalue weighted by molar-refractivity contribution is 6.71. The SMILES string of the molecule is C[C@H]1[C@H]([Si](C)(C)O)[C@@H](CC(=O)N(CCO)Cc2ccccc2)O[C@]12C(=O)N(Cc1cccc(N3C(=O)c4cccc5cccc3c45)c1)c1ccc([N+](=O)[O-])cc12. The summed E-state index contributed by atoms with van der Waals surface area (Å²) in [5.74, 6) is -1.58. The molecule has 3 amide bonds. The van der Waals surface area contributed by atoms with Crippen molar-refractivity contribution in [3.05, 3.63) is 142 Å². The highest BCUT2D eigenvalue weighted by Crippen LogP contribution is 2.60. The van der Waals surface area contributed by atoms with Gasteiger partial charge in [0.05, 0.1) is 47.5 Å². The van der Waals surface area contributed by atoms with Crippen molar-refractivity contribution in [3.63, 3.8) is 0 Å². The van der Waals surface area contributed by atoms with Crippen molar-refractivity contribution in [1.82, 2.24) is 4.90 Å². The van der Waals surface area contributed by atoms with Gasteiger partial charge in [-0.05, 0) is 59.9 Å². The van der Waals surface area contributed by atoms with Crippen molar-refractivity contribution in [1.29, 1.82) is 0 Å².